The first-order chi connectivity index (χ1) is 9.65. The van der Waals surface area contributed by atoms with Gasteiger partial charge in [0, 0.05) is 18.5 Å². The Balaban J connectivity index is 1.96. The van der Waals surface area contributed by atoms with Gasteiger partial charge >= 0.3 is 6.09 Å². The molecule has 0 N–H and O–H groups in total. The van der Waals surface area contributed by atoms with Gasteiger partial charge in [-0.1, -0.05) is 0 Å². The summed E-state index contributed by atoms with van der Waals surface area (Å²) in [5.74, 6) is -0.344. The molecule has 0 radical (unpaired) electrons. The number of ketones is 2. The van der Waals surface area contributed by atoms with E-state index in [2.05, 4.69) is 0 Å². The quantitative estimate of drug-likeness (QED) is 0.697. The van der Waals surface area contributed by atoms with Crippen molar-refractivity contribution in [2.45, 2.75) is 59.0 Å². The van der Waals surface area contributed by atoms with Crippen molar-refractivity contribution >= 4 is 17.7 Å². The van der Waals surface area contributed by atoms with Gasteiger partial charge in [-0.05, 0) is 53.4 Å². The summed E-state index contributed by atoms with van der Waals surface area (Å²) in [7, 11) is 0. The summed E-state index contributed by atoms with van der Waals surface area (Å²) in [6, 6.07) is 0. The second-order valence-electron chi connectivity index (χ2n) is 7.31. The number of likely N-dealkylation sites (tertiary alicyclic amines) is 1. The van der Waals surface area contributed by atoms with Crippen molar-refractivity contribution in [3.63, 3.8) is 0 Å². The van der Waals surface area contributed by atoms with Crippen LogP contribution in [0.1, 0.15) is 53.4 Å². The third-order valence-corrected chi connectivity index (χ3v) is 4.61. The lowest BCUT2D eigenvalue weighted by Gasteiger charge is -2.38. The zero-order valence-corrected chi connectivity index (χ0v) is 13.4. The Bertz CT molecular complexity index is 455. The van der Waals surface area contributed by atoms with Crippen molar-refractivity contribution in [1.82, 2.24) is 4.90 Å². The second kappa shape index (κ2) is 5.43. The molecular formula is C16H25NO4. The number of Topliss-reactive ketones (excluding diaryl/α,β-unsaturated/α-hetero) is 2. The molecule has 2 fully saturated rings. The summed E-state index contributed by atoms with van der Waals surface area (Å²) in [5, 5.41) is 0. The number of hydrogen-bond acceptors (Lipinski definition) is 4. The van der Waals surface area contributed by atoms with Crippen LogP contribution in [-0.4, -0.2) is 41.3 Å². The lowest BCUT2D eigenvalue weighted by molar-refractivity contribution is -0.136. The molecule has 1 aliphatic carbocycles. The van der Waals surface area contributed by atoms with E-state index in [1.54, 1.807) is 4.90 Å². The number of carbonyl (C=O) groups is 3. The van der Waals surface area contributed by atoms with Crippen LogP contribution in [0.3, 0.4) is 0 Å². The van der Waals surface area contributed by atoms with Crippen molar-refractivity contribution in [2.75, 3.05) is 13.1 Å². The summed E-state index contributed by atoms with van der Waals surface area (Å²) < 4.78 is 5.36. The maximum absolute atomic E-state index is 12.5. The first kappa shape index (κ1) is 16.0. The third kappa shape index (κ3) is 3.27. The van der Waals surface area contributed by atoms with Gasteiger partial charge in [-0.25, -0.2) is 4.79 Å². The minimum atomic E-state index is -0.505. The zero-order valence-electron chi connectivity index (χ0n) is 13.4. The maximum Gasteiger partial charge on any atom is 0.410 e. The van der Waals surface area contributed by atoms with E-state index in [-0.39, 0.29) is 23.1 Å². The first-order valence-corrected chi connectivity index (χ1v) is 7.67. The highest BCUT2D eigenvalue weighted by Crippen LogP contribution is 2.46. The fraction of sp³-hybridized carbons (Fsp3) is 0.812. The number of carbonyl (C=O) groups excluding carboxylic acids is 3. The van der Waals surface area contributed by atoms with Gasteiger partial charge in [-0.15, -0.1) is 0 Å². The van der Waals surface area contributed by atoms with E-state index in [4.69, 9.17) is 4.74 Å². The number of ether oxygens (including phenoxy) is 1. The van der Waals surface area contributed by atoms with Crippen molar-refractivity contribution in [2.24, 2.45) is 11.3 Å². The smallest absolute Gasteiger partial charge is 0.410 e. The Labute approximate surface area is 126 Å². The molecule has 2 aliphatic rings. The van der Waals surface area contributed by atoms with Crippen molar-refractivity contribution in [3.05, 3.63) is 0 Å². The van der Waals surface area contributed by atoms with Crippen LogP contribution in [0.5, 0.6) is 0 Å². The molecule has 1 unspecified atom stereocenters. The topological polar surface area (TPSA) is 63.7 Å². The molecule has 0 aromatic carbocycles. The van der Waals surface area contributed by atoms with E-state index in [1.165, 1.54) is 6.92 Å². The summed E-state index contributed by atoms with van der Waals surface area (Å²) >= 11 is 0. The molecule has 1 saturated heterocycles. The fourth-order valence-corrected chi connectivity index (χ4v) is 3.37. The van der Waals surface area contributed by atoms with Crippen LogP contribution in [0, 0.1) is 11.3 Å². The Hall–Kier alpha value is -1.39. The van der Waals surface area contributed by atoms with Crippen LogP contribution >= 0.6 is 0 Å². The molecule has 1 aliphatic heterocycles. The molecule has 1 atom stereocenters. The first-order valence-electron chi connectivity index (χ1n) is 7.67. The molecule has 5 nitrogen and oxygen atoms in total. The summed E-state index contributed by atoms with van der Waals surface area (Å²) in [6.07, 6.45) is 2.42. The number of piperidine rings is 1. The average molecular weight is 295 g/mol. The largest absolute Gasteiger partial charge is 0.444 e. The second-order valence-corrected chi connectivity index (χ2v) is 7.31. The molecule has 5 heteroatoms. The Kier molecular flexibility index (Phi) is 4.13. The zero-order chi connectivity index (χ0) is 15.8. The lowest BCUT2D eigenvalue weighted by atomic mass is 9.75. The summed E-state index contributed by atoms with van der Waals surface area (Å²) in [6.45, 7) is 8.09. The molecule has 0 aromatic heterocycles. The molecule has 2 rings (SSSR count). The highest BCUT2D eigenvalue weighted by Gasteiger charge is 2.50. The van der Waals surface area contributed by atoms with Gasteiger partial charge < -0.3 is 9.64 Å². The Morgan fingerprint density at radius 3 is 2.19 bits per heavy atom. The van der Waals surface area contributed by atoms with Crippen LogP contribution < -0.4 is 0 Å². The minimum absolute atomic E-state index is 0.0218. The van der Waals surface area contributed by atoms with Crippen molar-refractivity contribution in [3.8, 4) is 0 Å². The van der Waals surface area contributed by atoms with Gasteiger partial charge in [0.05, 0.1) is 5.92 Å². The van der Waals surface area contributed by atoms with E-state index in [0.29, 0.717) is 32.4 Å². The van der Waals surface area contributed by atoms with Crippen LogP contribution in [0.2, 0.25) is 0 Å². The minimum Gasteiger partial charge on any atom is -0.444 e. The predicted octanol–water partition coefficient (Wildman–Crippen LogP) is 2.57. The molecule has 1 heterocycles. The van der Waals surface area contributed by atoms with Gasteiger partial charge in [0.2, 0.25) is 0 Å². The van der Waals surface area contributed by atoms with Crippen LogP contribution in [0.15, 0.2) is 0 Å². The Morgan fingerprint density at radius 1 is 1.19 bits per heavy atom. The summed E-state index contributed by atoms with van der Waals surface area (Å²) in [5.41, 5.74) is -0.885. The van der Waals surface area contributed by atoms with Crippen LogP contribution in [-0.2, 0) is 14.3 Å². The normalized spacial score (nSPS) is 25.2. The van der Waals surface area contributed by atoms with Crippen LogP contribution in [0.25, 0.3) is 0 Å². The molecular weight excluding hydrogens is 270 g/mol. The van der Waals surface area contributed by atoms with Crippen LogP contribution in [0.4, 0.5) is 4.79 Å². The standard InChI is InChI=1S/C16H25NO4/c1-11(18)12-5-6-16(13(12)19)7-9-17(10-8-16)14(20)21-15(2,3)4/h12H,5-10H2,1-4H3. The van der Waals surface area contributed by atoms with E-state index >= 15 is 0 Å². The van der Waals surface area contributed by atoms with Crippen molar-refractivity contribution < 1.29 is 19.1 Å². The molecule has 21 heavy (non-hydrogen) atoms. The van der Waals surface area contributed by atoms with Gasteiger partial charge in [-0.3, -0.25) is 9.59 Å². The van der Waals surface area contributed by atoms with E-state index in [1.807, 2.05) is 20.8 Å². The van der Waals surface area contributed by atoms with E-state index in [9.17, 15) is 14.4 Å². The monoisotopic (exact) mass is 295 g/mol. The molecule has 0 aromatic rings. The van der Waals surface area contributed by atoms with Gasteiger partial charge in [0.15, 0.2) is 0 Å². The SMILES string of the molecule is CC(=O)C1CCC2(CCN(C(=O)OC(C)(C)C)CC2)C1=O. The Morgan fingerprint density at radius 2 is 1.76 bits per heavy atom. The van der Waals surface area contributed by atoms with Gasteiger partial charge in [0.1, 0.15) is 17.2 Å². The molecule has 1 spiro atoms. The average Bonchev–Trinajstić information content (AvgIpc) is 2.66. The van der Waals surface area contributed by atoms with Gasteiger partial charge in [-0.2, -0.15) is 0 Å². The van der Waals surface area contributed by atoms with E-state index in [0.717, 1.165) is 6.42 Å². The van der Waals surface area contributed by atoms with Crippen molar-refractivity contribution in [1.29, 1.82) is 0 Å². The third-order valence-electron chi connectivity index (χ3n) is 4.61. The number of rotatable bonds is 1. The lowest BCUT2D eigenvalue weighted by Crippen LogP contribution is -2.47. The fourth-order valence-electron chi connectivity index (χ4n) is 3.37. The molecule has 0 bridgehead atoms. The molecule has 1 amide bonds. The number of nitrogens with zero attached hydrogens (tertiary/aromatic N) is 1. The summed E-state index contributed by atoms with van der Waals surface area (Å²) in [4.78, 5) is 37.7. The van der Waals surface area contributed by atoms with Gasteiger partial charge in [0.25, 0.3) is 0 Å². The highest BCUT2D eigenvalue weighted by molar-refractivity contribution is 6.05. The highest BCUT2D eigenvalue weighted by atomic mass is 16.6. The number of amides is 1. The van der Waals surface area contributed by atoms with E-state index < -0.39 is 11.5 Å². The maximum atomic E-state index is 12.5. The number of hydrogen-bond donors (Lipinski definition) is 0. The molecule has 1 saturated carbocycles. The predicted molar refractivity (Wildman–Crippen MR) is 77.9 cm³/mol. The molecule has 118 valence electrons.